The molecule has 1 saturated carbocycles. The Bertz CT molecular complexity index is 403. The average Bonchev–Trinajstić information content (AvgIpc) is 3.03. The molecule has 3 N–H and O–H groups in total. The molecule has 3 nitrogen and oxygen atoms in total. The van der Waals surface area contributed by atoms with Crippen molar-refractivity contribution < 1.29 is 4.79 Å². The lowest BCUT2D eigenvalue weighted by atomic mass is 10.0. The van der Waals surface area contributed by atoms with Gasteiger partial charge in [0, 0.05) is 13.1 Å². The molecule has 0 aromatic heterocycles. The molecule has 2 unspecified atom stereocenters. The van der Waals surface area contributed by atoms with Crippen LogP contribution < -0.4 is 11.1 Å². The predicted octanol–water partition coefficient (Wildman–Crippen LogP) is 1.46. The van der Waals surface area contributed by atoms with Gasteiger partial charge in [-0.3, -0.25) is 4.79 Å². The van der Waals surface area contributed by atoms with Crippen LogP contribution in [-0.4, -0.2) is 12.5 Å². The molecule has 1 fully saturated rings. The third-order valence-electron chi connectivity index (χ3n) is 3.53. The van der Waals surface area contributed by atoms with Crippen molar-refractivity contribution in [2.75, 3.05) is 6.54 Å². The van der Waals surface area contributed by atoms with Crippen molar-refractivity contribution in [2.45, 2.75) is 26.3 Å². The van der Waals surface area contributed by atoms with E-state index in [0.29, 0.717) is 18.9 Å². The minimum Gasteiger partial charge on any atom is -0.356 e. The van der Waals surface area contributed by atoms with Gasteiger partial charge >= 0.3 is 0 Å². The fraction of sp³-hybridized carbons (Fsp3) is 0.500. The number of hydrogen-bond acceptors (Lipinski definition) is 2. The highest BCUT2D eigenvalue weighted by atomic mass is 16.1. The van der Waals surface area contributed by atoms with Gasteiger partial charge in [-0.1, -0.05) is 31.2 Å². The van der Waals surface area contributed by atoms with Crippen LogP contribution >= 0.6 is 0 Å². The van der Waals surface area contributed by atoms with Gasteiger partial charge in [0.15, 0.2) is 0 Å². The van der Waals surface area contributed by atoms with E-state index in [1.807, 2.05) is 24.3 Å². The van der Waals surface area contributed by atoms with E-state index < -0.39 is 0 Å². The van der Waals surface area contributed by atoms with Crippen molar-refractivity contribution in [3.63, 3.8) is 0 Å². The zero-order chi connectivity index (χ0) is 12.3. The number of carbonyl (C=O) groups is 1. The topological polar surface area (TPSA) is 55.1 Å². The molecule has 1 aromatic rings. The summed E-state index contributed by atoms with van der Waals surface area (Å²) in [6, 6.07) is 7.85. The van der Waals surface area contributed by atoms with Crippen LogP contribution in [-0.2, 0) is 17.8 Å². The van der Waals surface area contributed by atoms with Crippen molar-refractivity contribution >= 4 is 5.91 Å². The Kier molecular flexibility index (Phi) is 3.79. The Hall–Kier alpha value is -1.35. The fourth-order valence-electron chi connectivity index (χ4n) is 2.09. The molecule has 1 aromatic carbocycles. The van der Waals surface area contributed by atoms with Crippen LogP contribution in [0, 0.1) is 11.8 Å². The van der Waals surface area contributed by atoms with E-state index in [2.05, 4.69) is 12.2 Å². The van der Waals surface area contributed by atoms with E-state index in [1.165, 1.54) is 6.42 Å². The van der Waals surface area contributed by atoms with E-state index in [4.69, 9.17) is 5.73 Å². The van der Waals surface area contributed by atoms with Gasteiger partial charge in [-0.2, -0.15) is 0 Å². The summed E-state index contributed by atoms with van der Waals surface area (Å²) >= 11 is 0. The van der Waals surface area contributed by atoms with E-state index in [1.54, 1.807) is 0 Å². The maximum absolute atomic E-state index is 11.8. The van der Waals surface area contributed by atoms with E-state index >= 15 is 0 Å². The summed E-state index contributed by atoms with van der Waals surface area (Å²) in [4.78, 5) is 11.8. The fourth-order valence-corrected chi connectivity index (χ4v) is 2.09. The summed E-state index contributed by atoms with van der Waals surface area (Å²) in [6.45, 7) is 3.54. The van der Waals surface area contributed by atoms with Gasteiger partial charge in [0.05, 0.1) is 6.42 Å². The van der Waals surface area contributed by atoms with Crippen molar-refractivity contribution in [1.29, 1.82) is 0 Å². The maximum atomic E-state index is 11.8. The molecule has 2 atom stereocenters. The molecule has 2 rings (SSSR count). The molecule has 0 radical (unpaired) electrons. The number of hydrogen-bond donors (Lipinski definition) is 2. The second kappa shape index (κ2) is 5.32. The molecule has 92 valence electrons. The number of nitrogens with one attached hydrogen (secondary N) is 1. The van der Waals surface area contributed by atoms with Gasteiger partial charge in [-0.15, -0.1) is 0 Å². The van der Waals surface area contributed by atoms with Crippen LogP contribution in [0.15, 0.2) is 24.3 Å². The largest absolute Gasteiger partial charge is 0.356 e. The molecule has 0 saturated heterocycles. The van der Waals surface area contributed by atoms with E-state index in [9.17, 15) is 4.79 Å². The molecule has 0 heterocycles. The Morgan fingerprint density at radius 3 is 2.65 bits per heavy atom. The molecule has 0 spiro atoms. The Labute approximate surface area is 102 Å². The molecular weight excluding hydrogens is 212 g/mol. The molecule has 0 aliphatic heterocycles. The predicted molar refractivity (Wildman–Crippen MR) is 68.3 cm³/mol. The Balaban J connectivity index is 1.84. The van der Waals surface area contributed by atoms with Gasteiger partial charge in [-0.25, -0.2) is 0 Å². The van der Waals surface area contributed by atoms with Crippen LogP contribution in [0.4, 0.5) is 0 Å². The maximum Gasteiger partial charge on any atom is 0.224 e. The highest BCUT2D eigenvalue weighted by molar-refractivity contribution is 5.78. The number of amides is 1. The summed E-state index contributed by atoms with van der Waals surface area (Å²) in [6.07, 6.45) is 1.69. The summed E-state index contributed by atoms with van der Waals surface area (Å²) in [5.41, 5.74) is 7.74. The summed E-state index contributed by atoms with van der Waals surface area (Å²) in [7, 11) is 0. The molecule has 1 aliphatic rings. The van der Waals surface area contributed by atoms with Crippen LogP contribution in [0.1, 0.15) is 24.5 Å². The molecular formula is C14H20N2O. The standard InChI is InChI=1S/C14H20N2O/c1-10-6-13(10)9-16-14(17)7-11-4-2-3-5-12(11)8-15/h2-5,10,13H,6-9,15H2,1H3,(H,16,17). The summed E-state index contributed by atoms with van der Waals surface area (Å²) < 4.78 is 0. The summed E-state index contributed by atoms with van der Waals surface area (Å²) in [5.74, 6) is 1.58. The molecule has 0 bridgehead atoms. The first kappa shape index (κ1) is 12.1. The number of nitrogens with two attached hydrogens (primary N) is 1. The normalized spacial score (nSPS) is 22.2. The lowest BCUT2D eigenvalue weighted by Crippen LogP contribution is -2.27. The zero-order valence-corrected chi connectivity index (χ0v) is 10.3. The van der Waals surface area contributed by atoms with Gasteiger partial charge in [-0.05, 0) is 29.4 Å². The van der Waals surface area contributed by atoms with E-state index in [0.717, 1.165) is 23.6 Å². The Morgan fingerprint density at radius 2 is 2.06 bits per heavy atom. The zero-order valence-electron chi connectivity index (χ0n) is 10.3. The third-order valence-corrected chi connectivity index (χ3v) is 3.53. The second-order valence-corrected chi connectivity index (χ2v) is 4.93. The molecule has 1 aliphatic carbocycles. The van der Waals surface area contributed by atoms with Gasteiger partial charge < -0.3 is 11.1 Å². The molecule has 3 heteroatoms. The van der Waals surface area contributed by atoms with E-state index in [-0.39, 0.29) is 5.91 Å². The second-order valence-electron chi connectivity index (χ2n) is 4.93. The quantitative estimate of drug-likeness (QED) is 0.807. The monoisotopic (exact) mass is 232 g/mol. The number of benzene rings is 1. The van der Waals surface area contributed by atoms with Crippen LogP contribution in [0.3, 0.4) is 0 Å². The van der Waals surface area contributed by atoms with Crippen LogP contribution in [0.25, 0.3) is 0 Å². The highest BCUT2D eigenvalue weighted by Gasteiger charge is 2.32. The number of carbonyl (C=O) groups excluding carboxylic acids is 1. The minimum absolute atomic E-state index is 0.102. The first-order chi connectivity index (χ1) is 8.20. The molecule has 1 amide bonds. The highest BCUT2D eigenvalue weighted by Crippen LogP contribution is 2.36. The van der Waals surface area contributed by atoms with Gasteiger partial charge in [0.1, 0.15) is 0 Å². The number of rotatable bonds is 5. The average molecular weight is 232 g/mol. The Morgan fingerprint density at radius 1 is 1.41 bits per heavy atom. The van der Waals surface area contributed by atoms with Crippen molar-refractivity contribution in [1.82, 2.24) is 5.32 Å². The third kappa shape index (κ3) is 3.30. The smallest absolute Gasteiger partial charge is 0.224 e. The lowest BCUT2D eigenvalue weighted by Gasteiger charge is -2.08. The summed E-state index contributed by atoms with van der Waals surface area (Å²) in [5, 5.41) is 3.00. The first-order valence-electron chi connectivity index (χ1n) is 6.24. The SMILES string of the molecule is CC1CC1CNC(=O)Cc1ccccc1CN. The van der Waals surface area contributed by atoms with Crippen LogP contribution in [0.2, 0.25) is 0 Å². The van der Waals surface area contributed by atoms with Crippen molar-refractivity contribution in [3.8, 4) is 0 Å². The van der Waals surface area contributed by atoms with Gasteiger partial charge in [0.25, 0.3) is 0 Å². The van der Waals surface area contributed by atoms with Gasteiger partial charge in [0.2, 0.25) is 5.91 Å². The van der Waals surface area contributed by atoms with Crippen LogP contribution in [0.5, 0.6) is 0 Å². The molecule has 17 heavy (non-hydrogen) atoms. The minimum atomic E-state index is 0.102. The first-order valence-corrected chi connectivity index (χ1v) is 6.24. The lowest BCUT2D eigenvalue weighted by molar-refractivity contribution is -0.120. The van der Waals surface area contributed by atoms with Crippen molar-refractivity contribution in [3.05, 3.63) is 35.4 Å². The van der Waals surface area contributed by atoms with Crippen molar-refractivity contribution in [2.24, 2.45) is 17.6 Å².